The van der Waals surface area contributed by atoms with Crippen molar-refractivity contribution in [3.05, 3.63) is 71.9 Å². The Hall–Kier alpha value is -2.92. The fourth-order valence-electron chi connectivity index (χ4n) is 2.70. The van der Waals surface area contributed by atoms with Gasteiger partial charge < -0.3 is 15.7 Å². The molecule has 134 valence electrons. The summed E-state index contributed by atoms with van der Waals surface area (Å²) in [6, 6.07) is 17.6. The molecule has 0 saturated heterocycles. The predicted molar refractivity (Wildman–Crippen MR) is 105 cm³/mol. The number of benzene rings is 2. The summed E-state index contributed by atoms with van der Waals surface area (Å²) in [4.78, 5) is 8.93. The second-order valence-corrected chi connectivity index (χ2v) is 6.09. The van der Waals surface area contributed by atoms with E-state index in [9.17, 15) is 5.11 Å². The average molecular weight is 348 g/mol. The topological polar surface area (TPSA) is 70.1 Å². The van der Waals surface area contributed by atoms with Crippen molar-refractivity contribution < 1.29 is 5.11 Å². The maximum Gasteiger partial charge on any atom is 0.223 e. The molecule has 0 unspecified atom stereocenters. The Kier molecular flexibility index (Phi) is 6.17. The summed E-state index contributed by atoms with van der Waals surface area (Å²) in [5.41, 5.74) is 4.39. The molecule has 1 aromatic heterocycles. The summed E-state index contributed by atoms with van der Waals surface area (Å²) in [6.07, 6.45) is 2.62. The SMILES string of the molecule is CCNCc1cccc(-c2ccnc(NCCc3ccc(O)cc3)n2)c1. The highest BCUT2D eigenvalue weighted by Crippen LogP contribution is 2.19. The van der Waals surface area contributed by atoms with Gasteiger partial charge in [-0.1, -0.05) is 37.3 Å². The fourth-order valence-corrected chi connectivity index (χ4v) is 2.70. The maximum absolute atomic E-state index is 9.33. The Bertz CT molecular complexity index is 833. The van der Waals surface area contributed by atoms with Gasteiger partial charge in [-0.2, -0.15) is 0 Å². The van der Waals surface area contributed by atoms with Crippen LogP contribution in [0.1, 0.15) is 18.1 Å². The Labute approximate surface area is 154 Å². The minimum Gasteiger partial charge on any atom is -0.508 e. The second-order valence-electron chi connectivity index (χ2n) is 6.09. The largest absolute Gasteiger partial charge is 0.508 e. The molecule has 0 atom stereocenters. The number of nitrogens with zero attached hydrogens (tertiary/aromatic N) is 2. The van der Waals surface area contributed by atoms with E-state index in [1.807, 2.05) is 18.2 Å². The first-order valence-electron chi connectivity index (χ1n) is 8.89. The molecular formula is C21H24N4O. The molecule has 3 N–H and O–H groups in total. The summed E-state index contributed by atoms with van der Waals surface area (Å²) in [6.45, 7) is 4.64. The number of aromatic nitrogens is 2. The van der Waals surface area contributed by atoms with E-state index in [-0.39, 0.29) is 5.75 Å². The van der Waals surface area contributed by atoms with Crippen LogP contribution in [0.5, 0.6) is 5.75 Å². The van der Waals surface area contributed by atoms with Crippen LogP contribution in [0.15, 0.2) is 60.8 Å². The van der Waals surface area contributed by atoms with Crippen LogP contribution < -0.4 is 10.6 Å². The minimum atomic E-state index is 0.286. The molecule has 0 aliphatic heterocycles. The number of phenolic OH excluding ortho intramolecular Hbond substituents is 1. The van der Waals surface area contributed by atoms with Gasteiger partial charge in [-0.25, -0.2) is 9.97 Å². The minimum absolute atomic E-state index is 0.286. The number of phenols is 1. The zero-order chi connectivity index (χ0) is 18.2. The summed E-state index contributed by atoms with van der Waals surface area (Å²) in [7, 11) is 0. The van der Waals surface area contributed by atoms with Gasteiger partial charge in [0.1, 0.15) is 5.75 Å². The molecule has 0 aliphatic rings. The molecule has 5 heteroatoms. The zero-order valence-corrected chi connectivity index (χ0v) is 14.9. The van der Waals surface area contributed by atoms with E-state index in [2.05, 4.69) is 51.8 Å². The Morgan fingerprint density at radius 3 is 2.65 bits per heavy atom. The normalized spacial score (nSPS) is 10.7. The van der Waals surface area contributed by atoms with Gasteiger partial charge in [0, 0.05) is 24.8 Å². The molecule has 3 aromatic rings. The quantitative estimate of drug-likeness (QED) is 0.580. The van der Waals surface area contributed by atoms with Gasteiger partial charge in [0.25, 0.3) is 0 Å². The monoisotopic (exact) mass is 348 g/mol. The van der Waals surface area contributed by atoms with Crippen molar-refractivity contribution in [3.63, 3.8) is 0 Å². The predicted octanol–water partition coefficient (Wildman–Crippen LogP) is 3.61. The number of nitrogens with one attached hydrogen (secondary N) is 2. The van der Waals surface area contributed by atoms with E-state index < -0.39 is 0 Å². The van der Waals surface area contributed by atoms with Gasteiger partial charge in [-0.15, -0.1) is 0 Å². The third-order valence-electron chi connectivity index (χ3n) is 4.09. The number of hydrogen-bond donors (Lipinski definition) is 3. The van der Waals surface area contributed by atoms with Crippen LogP contribution in [-0.2, 0) is 13.0 Å². The highest BCUT2D eigenvalue weighted by atomic mass is 16.3. The number of aromatic hydroxyl groups is 1. The number of hydrogen-bond acceptors (Lipinski definition) is 5. The molecule has 3 rings (SSSR count). The summed E-state index contributed by atoms with van der Waals surface area (Å²) >= 11 is 0. The van der Waals surface area contributed by atoms with Gasteiger partial charge in [0.15, 0.2) is 0 Å². The van der Waals surface area contributed by atoms with Gasteiger partial charge >= 0.3 is 0 Å². The van der Waals surface area contributed by atoms with E-state index in [1.165, 1.54) is 5.56 Å². The molecule has 0 bridgehead atoms. The van der Waals surface area contributed by atoms with Crippen molar-refractivity contribution in [1.29, 1.82) is 0 Å². The van der Waals surface area contributed by atoms with Crippen LogP contribution in [0.2, 0.25) is 0 Å². The van der Waals surface area contributed by atoms with E-state index in [0.717, 1.165) is 42.9 Å². The zero-order valence-electron chi connectivity index (χ0n) is 14.9. The summed E-state index contributed by atoms with van der Waals surface area (Å²) in [5.74, 6) is 0.910. The van der Waals surface area contributed by atoms with Crippen LogP contribution in [0.4, 0.5) is 5.95 Å². The van der Waals surface area contributed by atoms with Crippen molar-refractivity contribution in [2.24, 2.45) is 0 Å². The first-order valence-corrected chi connectivity index (χ1v) is 8.89. The maximum atomic E-state index is 9.33. The van der Waals surface area contributed by atoms with Gasteiger partial charge in [0.2, 0.25) is 5.95 Å². The van der Waals surface area contributed by atoms with Gasteiger partial charge in [-0.3, -0.25) is 0 Å². The van der Waals surface area contributed by atoms with Crippen molar-refractivity contribution in [2.45, 2.75) is 19.9 Å². The van der Waals surface area contributed by atoms with E-state index in [0.29, 0.717) is 5.95 Å². The first kappa shape index (κ1) is 17.9. The van der Waals surface area contributed by atoms with Crippen LogP contribution in [0.3, 0.4) is 0 Å². The van der Waals surface area contributed by atoms with Crippen molar-refractivity contribution >= 4 is 5.95 Å². The fraction of sp³-hybridized carbons (Fsp3) is 0.238. The average Bonchev–Trinajstić information content (AvgIpc) is 2.68. The summed E-state index contributed by atoms with van der Waals surface area (Å²) < 4.78 is 0. The Morgan fingerprint density at radius 2 is 1.85 bits per heavy atom. The molecule has 26 heavy (non-hydrogen) atoms. The van der Waals surface area contributed by atoms with Gasteiger partial charge in [-0.05, 0) is 48.4 Å². The molecule has 2 aromatic carbocycles. The molecule has 1 heterocycles. The molecule has 0 amide bonds. The van der Waals surface area contributed by atoms with Crippen molar-refractivity contribution in [2.75, 3.05) is 18.4 Å². The molecular weight excluding hydrogens is 324 g/mol. The van der Waals surface area contributed by atoms with E-state index in [1.54, 1.807) is 18.3 Å². The molecule has 0 spiro atoms. The van der Waals surface area contributed by atoms with E-state index >= 15 is 0 Å². The second kappa shape index (κ2) is 8.97. The highest BCUT2D eigenvalue weighted by molar-refractivity contribution is 5.60. The Morgan fingerprint density at radius 1 is 1.00 bits per heavy atom. The lowest BCUT2D eigenvalue weighted by Gasteiger charge is -2.08. The molecule has 0 aliphatic carbocycles. The first-order chi connectivity index (χ1) is 12.7. The van der Waals surface area contributed by atoms with Gasteiger partial charge in [0.05, 0.1) is 5.69 Å². The molecule has 0 fully saturated rings. The van der Waals surface area contributed by atoms with E-state index in [4.69, 9.17) is 0 Å². The third-order valence-corrected chi connectivity index (χ3v) is 4.09. The third kappa shape index (κ3) is 5.04. The lowest BCUT2D eigenvalue weighted by Crippen LogP contribution is -2.11. The molecule has 5 nitrogen and oxygen atoms in total. The smallest absolute Gasteiger partial charge is 0.223 e. The van der Waals surface area contributed by atoms with Crippen molar-refractivity contribution in [3.8, 4) is 17.0 Å². The summed E-state index contributed by atoms with van der Waals surface area (Å²) in [5, 5.41) is 15.9. The van der Waals surface area contributed by atoms with Crippen molar-refractivity contribution in [1.82, 2.24) is 15.3 Å². The molecule has 0 saturated carbocycles. The molecule has 0 radical (unpaired) electrons. The van der Waals surface area contributed by atoms with Crippen LogP contribution in [-0.4, -0.2) is 28.2 Å². The highest BCUT2D eigenvalue weighted by Gasteiger charge is 2.04. The lowest BCUT2D eigenvalue weighted by atomic mass is 10.1. The van der Waals surface area contributed by atoms with Crippen LogP contribution >= 0.6 is 0 Å². The number of anilines is 1. The standard InChI is InChI=1S/C21H24N4O/c1-2-22-15-17-4-3-5-18(14-17)20-11-13-24-21(25-20)23-12-10-16-6-8-19(26)9-7-16/h3-9,11,13-14,22,26H,2,10,12,15H2,1H3,(H,23,24,25). The lowest BCUT2D eigenvalue weighted by molar-refractivity contribution is 0.475. The van der Waals surface area contributed by atoms with Crippen LogP contribution in [0, 0.1) is 0 Å². The van der Waals surface area contributed by atoms with Crippen LogP contribution in [0.25, 0.3) is 11.3 Å². The Balaban J connectivity index is 1.63. The number of rotatable bonds is 8.